The summed E-state index contributed by atoms with van der Waals surface area (Å²) in [6, 6.07) is 6.44. The molecule has 2 aromatic carbocycles. The molecule has 186 valence electrons. The number of allylic oxidation sites excluding steroid dienone is 5. The van der Waals surface area contributed by atoms with Crippen molar-refractivity contribution in [2.45, 2.75) is 16.7 Å². The standard InChI is InChI=1S/C20H19N3O9S3/c1-10-6-13(9-18(20(10)23)35(30,31)32)19(11-2-4-14(21)16(7-11)33(24,25)26)12-3-5-15(22)17(8-12)34(27,28)29/h2-9,23H,21-22H2,1H3,(H,24,25,26)(H,27,28,29)(H,30,31,32)/p-3. The molecule has 5 N–H and O–H groups in total. The van der Waals surface area contributed by atoms with Crippen LogP contribution in [0.25, 0.3) is 5.57 Å². The predicted octanol–water partition coefficient (Wildman–Crippen LogP) is 0.870. The van der Waals surface area contributed by atoms with Gasteiger partial charge in [-0.1, -0.05) is 12.1 Å². The lowest BCUT2D eigenvalue weighted by Gasteiger charge is -2.22. The first kappa shape index (κ1) is 26.3. The van der Waals surface area contributed by atoms with Crippen molar-refractivity contribution in [3.8, 4) is 0 Å². The van der Waals surface area contributed by atoms with Gasteiger partial charge in [0.1, 0.15) is 30.4 Å². The van der Waals surface area contributed by atoms with Crippen LogP contribution < -0.4 is 11.5 Å². The minimum Gasteiger partial charge on any atom is -0.744 e. The third-order valence-corrected chi connectivity index (χ3v) is 7.65. The van der Waals surface area contributed by atoms with E-state index in [1.165, 1.54) is 25.1 Å². The molecular formula is C20H16N3O9S3-3. The molecule has 0 heterocycles. The lowest BCUT2D eigenvalue weighted by atomic mass is 9.89. The van der Waals surface area contributed by atoms with Crippen molar-refractivity contribution in [2.75, 3.05) is 11.5 Å². The molecule has 2 aromatic rings. The zero-order valence-electron chi connectivity index (χ0n) is 17.7. The fraction of sp³-hybridized carbons (Fsp3) is 0.0500. The Morgan fingerprint density at radius 2 is 1.17 bits per heavy atom. The second-order valence-electron chi connectivity index (χ2n) is 7.41. The number of hydrogen-bond donors (Lipinski definition) is 3. The number of nitrogens with one attached hydrogen (secondary N) is 1. The molecule has 0 bridgehead atoms. The number of benzene rings is 2. The van der Waals surface area contributed by atoms with E-state index in [-0.39, 0.29) is 39.2 Å². The van der Waals surface area contributed by atoms with E-state index < -0.39 is 50.8 Å². The van der Waals surface area contributed by atoms with Crippen LogP contribution in [0.5, 0.6) is 0 Å². The zero-order chi connectivity index (χ0) is 26.5. The summed E-state index contributed by atoms with van der Waals surface area (Å²) in [4.78, 5) is -2.53. The van der Waals surface area contributed by atoms with Crippen LogP contribution in [0.4, 0.5) is 11.4 Å². The number of nitrogens with two attached hydrogens (primary N) is 2. The van der Waals surface area contributed by atoms with Crippen LogP contribution in [0.1, 0.15) is 18.1 Å². The molecule has 0 amide bonds. The second kappa shape index (κ2) is 8.71. The van der Waals surface area contributed by atoms with Crippen LogP contribution in [-0.4, -0.2) is 44.6 Å². The van der Waals surface area contributed by atoms with E-state index in [1.54, 1.807) is 0 Å². The van der Waals surface area contributed by atoms with Gasteiger partial charge >= 0.3 is 0 Å². The Balaban J connectivity index is 2.53. The zero-order valence-corrected chi connectivity index (χ0v) is 20.1. The van der Waals surface area contributed by atoms with Gasteiger partial charge in [0.25, 0.3) is 0 Å². The summed E-state index contributed by atoms with van der Waals surface area (Å²) in [7, 11) is -15.3. The number of rotatable bonds is 5. The Morgan fingerprint density at radius 3 is 1.54 bits per heavy atom. The van der Waals surface area contributed by atoms with Crippen molar-refractivity contribution in [3.05, 3.63) is 75.7 Å². The quantitative estimate of drug-likeness (QED) is 0.356. The normalized spacial score (nSPS) is 15.0. The lowest BCUT2D eigenvalue weighted by molar-refractivity contribution is 0.461. The maximum Gasteiger partial charge on any atom is 0.126 e. The summed E-state index contributed by atoms with van der Waals surface area (Å²) in [5.41, 5.74) is 9.65. The Kier molecular flexibility index (Phi) is 6.53. The fourth-order valence-corrected chi connectivity index (χ4v) is 5.35. The summed E-state index contributed by atoms with van der Waals surface area (Å²) in [6.07, 6.45) is 2.13. The molecule has 12 nitrogen and oxygen atoms in total. The Hall–Kier alpha value is -3.34. The lowest BCUT2D eigenvalue weighted by Crippen LogP contribution is -2.17. The minimum atomic E-state index is -5.14. The van der Waals surface area contributed by atoms with E-state index in [0.717, 1.165) is 30.3 Å². The van der Waals surface area contributed by atoms with Gasteiger partial charge in [-0.3, -0.25) is 5.41 Å². The summed E-state index contributed by atoms with van der Waals surface area (Å²) in [5.74, 6) is 0. The molecule has 1 aliphatic rings. The largest absolute Gasteiger partial charge is 0.744 e. The van der Waals surface area contributed by atoms with Gasteiger partial charge in [0.05, 0.1) is 20.4 Å². The summed E-state index contributed by atoms with van der Waals surface area (Å²) >= 11 is 0. The van der Waals surface area contributed by atoms with E-state index in [9.17, 15) is 38.9 Å². The molecule has 0 atom stereocenters. The first-order valence-electron chi connectivity index (χ1n) is 9.32. The Bertz CT molecular complexity index is 1620. The maximum atomic E-state index is 11.8. The average molecular weight is 539 g/mol. The Labute approximate surface area is 201 Å². The molecule has 0 spiro atoms. The van der Waals surface area contributed by atoms with Gasteiger partial charge in [0, 0.05) is 11.4 Å². The molecule has 1 aliphatic carbocycles. The molecule has 15 heteroatoms. The van der Waals surface area contributed by atoms with Crippen molar-refractivity contribution in [1.29, 1.82) is 5.41 Å². The average Bonchev–Trinajstić information content (AvgIpc) is 2.70. The SMILES string of the molecule is CC1=CC(=C(c2ccc(N)c(S(=O)(=O)[O-])c2)c2ccc(N)c(S(=O)(=O)[O-])c2)C=C(S(=O)(=O)[O-])C1=N. The van der Waals surface area contributed by atoms with E-state index >= 15 is 0 Å². The molecule has 0 fully saturated rings. The van der Waals surface area contributed by atoms with Crippen LogP contribution in [0.2, 0.25) is 0 Å². The van der Waals surface area contributed by atoms with Crippen molar-refractivity contribution < 1.29 is 38.9 Å². The van der Waals surface area contributed by atoms with E-state index in [1.807, 2.05) is 0 Å². The molecule has 0 aromatic heterocycles. The van der Waals surface area contributed by atoms with Crippen molar-refractivity contribution in [2.24, 2.45) is 0 Å². The van der Waals surface area contributed by atoms with Gasteiger partial charge in [-0.15, -0.1) is 0 Å². The van der Waals surface area contributed by atoms with Gasteiger partial charge in [-0.05, 0) is 71.2 Å². The van der Waals surface area contributed by atoms with Crippen LogP contribution in [0.15, 0.2) is 74.4 Å². The molecule has 0 saturated heterocycles. The Morgan fingerprint density at radius 1 is 0.743 bits per heavy atom. The highest BCUT2D eigenvalue weighted by Gasteiger charge is 2.23. The molecule has 3 rings (SSSR count). The highest BCUT2D eigenvalue weighted by atomic mass is 32.2. The maximum absolute atomic E-state index is 11.8. The first-order valence-corrected chi connectivity index (χ1v) is 13.5. The van der Waals surface area contributed by atoms with Crippen LogP contribution >= 0.6 is 0 Å². The summed E-state index contributed by atoms with van der Waals surface area (Å²) < 4.78 is 105. The van der Waals surface area contributed by atoms with Crippen molar-refractivity contribution >= 4 is 53.0 Å². The van der Waals surface area contributed by atoms with Crippen LogP contribution in [0, 0.1) is 5.41 Å². The minimum absolute atomic E-state index is 0.0358. The van der Waals surface area contributed by atoms with Gasteiger partial charge in [-0.2, -0.15) is 0 Å². The topological polar surface area (TPSA) is 247 Å². The van der Waals surface area contributed by atoms with Crippen molar-refractivity contribution in [1.82, 2.24) is 0 Å². The van der Waals surface area contributed by atoms with Gasteiger partial charge < -0.3 is 25.1 Å². The van der Waals surface area contributed by atoms with Gasteiger partial charge in [0.2, 0.25) is 0 Å². The molecule has 0 radical (unpaired) electrons. The molecule has 0 unspecified atom stereocenters. The predicted molar refractivity (Wildman–Crippen MR) is 123 cm³/mol. The second-order valence-corrected chi connectivity index (χ2v) is 11.5. The monoisotopic (exact) mass is 538 g/mol. The van der Waals surface area contributed by atoms with E-state index in [0.29, 0.717) is 0 Å². The highest BCUT2D eigenvalue weighted by molar-refractivity contribution is 7.90. The molecular weight excluding hydrogens is 522 g/mol. The third-order valence-electron chi connectivity index (χ3n) is 5.00. The molecule has 0 aliphatic heterocycles. The molecule has 35 heavy (non-hydrogen) atoms. The number of anilines is 2. The van der Waals surface area contributed by atoms with E-state index in [2.05, 4.69) is 0 Å². The summed E-state index contributed by atoms with van der Waals surface area (Å²) in [5, 5.41) is 7.92. The number of nitrogen functional groups attached to an aromatic ring is 2. The molecule has 0 saturated carbocycles. The first-order chi connectivity index (χ1) is 15.9. The highest BCUT2D eigenvalue weighted by Crippen LogP contribution is 2.36. The number of hydrogen-bond acceptors (Lipinski definition) is 12. The van der Waals surface area contributed by atoms with Gasteiger partial charge in [0.15, 0.2) is 0 Å². The fourth-order valence-electron chi connectivity index (χ4n) is 3.41. The van der Waals surface area contributed by atoms with E-state index in [4.69, 9.17) is 16.9 Å². The smallest absolute Gasteiger partial charge is 0.126 e. The third kappa shape index (κ3) is 5.34. The van der Waals surface area contributed by atoms with Crippen LogP contribution in [0.3, 0.4) is 0 Å². The van der Waals surface area contributed by atoms with Crippen molar-refractivity contribution in [3.63, 3.8) is 0 Å². The van der Waals surface area contributed by atoms with Crippen LogP contribution in [-0.2, 0) is 30.4 Å². The summed E-state index contributed by atoms with van der Waals surface area (Å²) in [6.45, 7) is 1.34. The van der Waals surface area contributed by atoms with Gasteiger partial charge in [-0.25, -0.2) is 25.3 Å².